The van der Waals surface area contributed by atoms with Crippen LogP contribution in [0.4, 0.5) is 4.39 Å². The number of aryl methyl sites for hydroxylation is 1. The first-order chi connectivity index (χ1) is 10.1. The van der Waals surface area contributed by atoms with Crippen LogP contribution in [0.2, 0.25) is 0 Å². The molecule has 1 N–H and O–H groups in total. The molecule has 1 heterocycles. The zero-order chi connectivity index (χ0) is 15.2. The SMILES string of the molecule is CCCNC(CC)Cc1nc(-c2ccc(C)c(F)c2)no1. The van der Waals surface area contributed by atoms with Crippen LogP contribution in [-0.4, -0.2) is 22.7 Å². The van der Waals surface area contributed by atoms with Gasteiger partial charge < -0.3 is 9.84 Å². The minimum absolute atomic E-state index is 0.255. The van der Waals surface area contributed by atoms with Gasteiger partial charge in [0.25, 0.3) is 0 Å². The second-order valence-electron chi connectivity index (χ2n) is 5.24. The van der Waals surface area contributed by atoms with Crippen LogP contribution >= 0.6 is 0 Å². The first-order valence-corrected chi connectivity index (χ1v) is 7.46. The van der Waals surface area contributed by atoms with Gasteiger partial charge in [-0.25, -0.2) is 4.39 Å². The average Bonchev–Trinajstić information content (AvgIpc) is 2.95. The molecule has 1 aromatic heterocycles. The van der Waals surface area contributed by atoms with Crippen molar-refractivity contribution in [2.45, 2.75) is 46.1 Å². The summed E-state index contributed by atoms with van der Waals surface area (Å²) in [4.78, 5) is 4.36. The normalized spacial score (nSPS) is 12.6. The first kappa shape index (κ1) is 15.6. The van der Waals surface area contributed by atoms with Gasteiger partial charge in [-0.15, -0.1) is 0 Å². The van der Waals surface area contributed by atoms with Crippen LogP contribution in [0.1, 0.15) is 38.1 Å². The van der Waals surface area contributed by atoms with Crippen molar-refractivity contribution in [1.82, 2.24) is 15.5 Å². The fourth-order valence-electron chi connectivity index (χ4n) is 2.11. The molecule has 21 heavy (non-hydrogen) atoms. The van der Waals surface area contributed by atoms with E-state index in [1.807, 2.05) is 0 Å². The molecule has 114 valence electrons. The van der Waals surface area contributed by atoms with E-state index >= 15 is 0 Å². The summed E-state index contributed by atoms with van der Waals surface area (Å²) in [6.07, 6.45) is 2.78. The maximum absolute atomic E-state index is 13.6. The van der Waals surface area contributed by atoms with Gasteiger partial charge in [0.2, 0.25) is 11.7 Å². The smallest absolute Gasteiger partial charge is 0.228 e. The molecule has 0 radical (unpaired) electrons. The van der Waals surface area contributed by atoms with Crippen molar-refractivity contribution in [2.75, 3.05) is 6.54 Å². The summed E-state index contributed by atoms with van der Waals surface area (Å²) in [6.45, 7) is 6.96. The molecular formula is C16H22FN3O. The highest BCUT2D eigenvalue weighted by Crippen LogP contribution is 2.19. The van der Waals surface area contributed by atoms with E-state index in [0.29, 0.717) is 35.3 Å². The Bertz CT molecular complexity index is 583. The van der Waals surface area contributed by atoms with Gasteiger partial charge in [-0.2, -0.15) is 4.98 Å². The topological polar surface area (TPSA) is 51.0 Å². The summed E-state index contributed by atoms with van der Waals surface area (Å²) in [5, 5.41) is 7.39. The fraction of sp³-hybridized carbons (Fsp3) is 0.500. The van der Waals surface area contributed by atoms with Crippen LogP contribution < -0.4 is 5.32 Å². The van der Waals surface area contributed by atoms with Gasteiger partial charge in [0.1, 0.15) is 5.82 Å². The zero-order valence-electron chi connectivity index (χ0n) is 12.8. The summed E-state index contributed by atoms with van der Waals surface area (Å²) >= 11 is 0. The van der Waals surface area contributed by atoms with Crippen molar-refractivity contribution >= 4 is 0 Å². The predicted octanol–water partition coefficient (Wildman–Crippen LogP) is 3.50. The van der Waals surface area contributed by atoms with Crippen molar-refractivity contribution < 1.29 is 8.91 Å². The van der Waals surface area contributed by atoms with Crippen molar-refractivity contribution in [3.63, 3.8) is 0 Å². The van der Waals surface area contributed by atoms with E-state index in [-0.39, 0.29) is 5.82 Å². The Kier molecular flexibility index (Phi) is 5.44. The molecular weight excluding hydrogens is 269 g/mol. The Labute approximate surface area is 124 Å². The van der Waals surface area contributed by atoms with Crippen molar-refractivity contribution in [3.05, 3.63) is 35.5 Å². The monoisotopic (exact) mass is 291 g/mol. The molecule has 1 unspecified atom stereocenters. The largest absolute Gasteiger partial charge is 0.339 e. The molecule has 0 aliphatic carbocycles. The molecule has 0 amide bonds. The predicted molar refractivity (Wildman–Crippen MR) is 80.5 cm³/mol. The lowest BCUT2D eigenvalue weighted by molar-refractivity contribution is 0.354. The summed E-state index contributed by atoms with van der Waals surface area (Å²) in [6, 6.07) is 5.29. The van der Waals surface area contributed by atoms with E-state index in [1.54, 1.807) is 19.1 Å². The van der Waals surface area contributed by atoms with E-state index < -0.39 is 0 Å². The Morgan fingerprint density at radius 2 is 2.14 bits per heavy atom. The quantitative estimate of drug-likeness (QED) is 0.848. The third-order valence-electron chi connectivity index (χ3n) is 3.49. The van der Waals surface area contributed by atoms with Crippen LogP contribution in [0.25, 0.3) is 11.4 Å². The van der Waals surface area contributed by atoms with Crippen LogP contribution in [0, 0.1) is 12.7 Å². The minimum Gasteiger partial charge on any atom is -0.339 e. The highest BCUT2D eigenvalue weighted by molar-refractivity contribution is 5.54. The van der Waals surface area contributed by atoms with Crippen molar-refractivity contribution in [2.24, 2.45) is 0 Å². The Morgan fingerprint density at radius 1 is 1.33 bits per heavy atom. The third kappa shape index (κ3) is 4.11. The standard InChI is InChI=1S/C16H22FN3O/c1-4-8-18-13(5-2)10-15-19-16(20-21-15)12-7-6-11(3)14(17)9-12/h6-7,9,13,18H,4-5,8,10H2,1-3H3. The number of nitrogens with zero attached hydrogens (tertiary/aromatic N) is 2. The number of rotatable bonds is 7. The number of aromatic nitrogens is 2. The van der Waals surface area contributed by atoms with Gasteiger partial charge in [0, 0.05) is 18.0 Å². The summed E-state index contributed by atoms with van der Waals surface area (Å²) in [5.41, 5.74) is 1.25. The molecule has 0 saturated heterocycles. The second-order valence-corrected chi connectivity index (χ2v) is 5.24. The van der Waals surface area contributed by atoms with Crippen LogP contribution in [0.3, 0.4) is 0 Å². The molecule has 2 rings (SSSR count). The molecule has 5 heteroatoms. The summed E-state index contributed by atoms with van der Waals surface area (Å²) in [7, 11) is 0. The molecule has 0 fully saturated rings. The number of hydrogen-bond donors (Lipinski definition) is 1. The third-order valence-corrected chi connectivity index (χ3v) is 3.49. The van der Waals surface area contributed by atoms with Gasteiger partial charge in [-0.1, -0.05) is 31.1 Å². The fourth-order valence-corrected chi connectivity index (χ4v) is 2.11. The van der Waals surface area contributed by atoms with Crippen LogP contribution in [-0.2, 0) is 6.42 Å². The molecule has 0 bridgehead atoms. The van der Waals surface area contributed by atoms with Crippen LogP contribution in [0.5, 0.6) is 0 Å². The lowest BCUT2D eigenvalue weighted by Gasteiger charge is -2.13. The number of nitrogens with one attached hydrogen (secondary N) is 1. The Balaban J connectivity index is 2.08. The lowest BCUT2D eigenvalue weighted by atomic mass is 10.1. The molecule has 0 saturated carbocycles. The van der Waals surface area contributed by atoms with Gasteiger partial charge in [-0.05, 0) is 37.9 Å². The van der Waals surface area contributed by atoms with Crippen molar-refractivity contribution in [3.8, 4) is 11.4 Å². The summed E-state index contributed by atoms with van der Waals surface area (Å²) in [5.74, 6) is 0.769. The van der Waals surface area contributed by atoms with Gasteiger partial charge in [0.05, 0.1) is 0 Å². The van der Waals surface area contributed by atoms with Crippen molar-refractivity contribution in [1.29, 1.82) is 0 Å². The lowest BCUT2D eigenvalue weighted by Crippen LogP contribution is -2.31. The molecule has 0 spiro atoms. The van der Waals surface area contributed by atoms with Crippen LogP contribution in [0.15, 0.2) is 22.7 Å². The molecule has 4 nitrogen and oxygen atoms in total. The number of benzene rings is 1. The molecule has 0 aliphatic heterocycles. The van der Waals surface area contributed by atoms with E-state index in [1.165, 1.54) is 6.07 Å². The van der Waals surface area contributed by atoms with Gasteiger partial charge in [-0.3, -0.25) is 0 Å². The maximum atomic E-state index is 13.6. The van der Waals surface area contributed by atoms with E-state index in [0.717, 1.165) is 19.4 Å². The number of hydrogen-bond acceptors (Lipinski definition) is 4. The second kappa shape index (κ2) is 7.31. The molecule has 1 atom stereocenters. The Morgan fingerprint density at radius 3 is 2.81 bits per heavy atom. The first-order valence-electron chi connectivity index (χ1n) is 7.46. The number of halogens is 1. The van der Waals surface area contributed by atoms with E-state index in [9.17, 15) is 4.39 Å². The average molecular weight is 291 g/mol. The van der Waals surface area contributed by atoms with Gasteiger partial charge in [0.15, 0.2) is 0 Å². The molecule has 2 aromatic rings. The van der Waals surface area contributed by atoms with E-state index in [4.69, 9.17) is 4.52 Å². The molecule has 1 aromatic carbocycles. The van der Waals surface area contributed by atoms with Gasteiger partial charge >= 0.3 is 0 Å². The molecule has 0 aliphatic rings. The highest BCUT2D eigenvalue weighted by Gasteiger charge is 2.14. The summed E-state index contributed by atoms with van der Waals surface area (Å²) < 4.78 is 18.9. The minimum atomic E-state index is -0.255. The zero-order valence-corrected chi connectivity index (χ0v) is 12.8. The highest BCUT2D eigenvalue weighted by atomic mass is 19.1. The maximum Gasteiger partial charge on any atom is 0.228 e. The van der Waals surface area contributed by atoms with E-state index in [2.05, 4.69) is 29.3 Å². The Hall–Kier alpha value is -1.75.